The van der Waals surface area contributed by atoms with Gasteiger partial charge in [-0.3, -0.25) is 0 Å². The van der Waals surface area contributed by atoms with Gasteiger partial charge in [0, 0.05) is 52.4 Å². The van der Waals surface area contributed by atoms with E-state index < -0.39 is 0 Å². The monoisotopic (exact) mass is 255 g/mol. The lowest BCUT2D eigenvalue weighted by atomic mass is 10.0. The number of piperidine rings is 1. The van der Waals surface area contributed by atoms with E-state index >= 15 is 0 Å². The summed E-state index contributed by atoms with van der Waals surface area (Å²) in [6.07, 6.45) is 2.21. The molecule has 0 N–H and O–H groups in total. The van der Waals surface area contributed by atoms with E-state index in [1.165, 1.54) is 0 Å². The Morgan fingerprint density at radius 3 is 2.50 bits per heavy atom. The zero-order chi connectivity index (χ0) is 13.0. The van der Waals surface area contributed by atoms with Crippen LogP contribution in [-0.2, 0) is 4.74 Å². The van der Waals surface area contributed by atoms with Gasteiger partial charge in [-0.25, -0.2) is 4.79 Å². The normalized spacial score (nSPS) is 23.1. The number of amides is 2. The quantitative estimate of drug-likeness (QED) is 0.731. The third-order valence-corrected chi connectivity index (χ3v) is 4.12. The molecular formula is C13H25N3O2. The Morgan fingerprint density at radius 2 is 1.94 bits per heavy atom. The highest BCUT2D eigenvalue weighted by molar-refractivity contribution is 5.76. The minimum absolute atomic E-state index is 0.243. The standard InChI is InChI=1S/C13H25N3O2/c1-3-15-8-9-16(13(15)17)12-4-6-14(7-5-12)10-11-18-2/h12H,3-11H2,1-2H3. The van der Waals surface area contributed by atoms with Crippen LogP contribution in [0.4, 0.5) is 4.79 Å². The summed E-state index contributed by atoms with van der Waals surface area (Å²) in [7, 11) is 1.75. The first-order valence-corrected chi connectivity index (χ1v) is 7.03. The van der Waals surface area contributed by atoms with Crippen molar-refractivity contribution in [2.75, 3.05) is 53.0 Å². The van der Waals surface area contributed by atoms with E-state index in [0.717, 1.165) is 58.7 Å². The van der Waals surface area contributed by atoms with Gasteiger partial charge in [-0.05, 0) is 19.8 Å². The average molecular weight is 255 g/mol. The van der Waals surface area contributed by atoms with Crippen LogP contribution in [0, 0.1) is 0 Å². The summed E-state index contributed by atoms with van der Waals surface area (Å²) in [5, 5.41) is 0. The van der Waals surface area contributed by atoms with Gasteiger partial charge in [-0.1, -0.05) is 0 Å². The Bertz CT molecular complexity index is 277. The van der Waals surface area contributed by atoms with Crippen molar-refractivity contribution < 1.29 is 9.53 Å². The summed E-state index contributed by atoms with van der Waals surface area (Å²) in [5.74, 6) is 0. The molecule has 2 heterocycles. The molecule has 5 nitrogen and oxygen atoms in total. The Hall–Kier alpha value is -0.810. The number of methoxy groups -OCH3 is 1. The molecule has 18 heavy (non-hydrogen) atoms. The molecule has 0 unspecified atom stereocenters. The minimum Gasteiger partial charge on any atom is -0.383 e. The van der Waals surface area contributed by atoms with Crippen LogP contribution < -0.4 is 0 Å². The van der Waals surface area contributed by atoms with E-state index in [0.29, 0.717) is 6.04 Å². The molecule has 2 saturated heterocycles. The molecule has 0 saturated carbocycles. The predicted molar refractivity (Wildman–Crippen MR) is 70.7 cm³/mol. The van der Waals surface area contributed by atoms with Crippen molar-refractivity contribution in [2.24, 2.45) is 0 Å². The molecule has 0 bridgehead atoms. The topological polar surface area (TPSA) is 36.0 Å². The molecule has 0 atom stereocenters. The van der Waals surface area contributed by atoms with Crippen LogP contribution in [0.3, 0.4) is 0 Å². The molecule has 0 aromatic rings. The van der Waals surface area contributed by atoms with Crippen molar-refractivity contribution in [3.8, 4) is 0 Å². The summed E-state index contributed by atoms with van der Waals surface area (Å²) in [4.78, 5) is 18.6. The SMILES string of the molecule is CCN1CCN(C2CCN(CCOC)CC2)C1=O. The number of hydrogen-bond donors (Lipinski definition) is 0. The number of carbonyl (C=O) groups is 1. The van der Waals surface area contributed by atoms with Crippen LogP contribution in [0.25, 0.3) is 0 Å². The number of carbonyl (C=O) groups excluding carboxylic acids is 1. The smallest absolute Gasteiger partial charge is 0.320 e. The average Bonchev–Trinajstić information content (AvgIpc) is 2.78. The van der Waals surface area contributed by atoms with Gasteiger partial charge in [0.25, 0.3) is 0 Å². The fraction of sp³-hybridized carbons (Fsp3) is 0.923. The molecule has 2 aliphatic heterocycles. The molecular weight excluding hydrogens is 230 g/mol. The van der Waals surface area contributed by atoms with Crippen LogP contribution in [-0.4, -0.2) is 79.8 Å². The Labute approximate surface area is 110 Å². The number of urea groups is 1. The molecule has 2 aliphatic rings. The zero-order valence-corrected chi connectivity index (χ0v) is 11.6. The first-order chi connectivity index (χ1) is 8.76. The maximum atomic E-state index is 12.1. The zero-order valence-electron chi connectivity index (χ0n) is 11.6. The minimum atomic E-state index is 0.243. The lowest BCUT2D eigenvalue weighted by molar-refractivity contribution is 0.102. The third kappa shape index (κ3) is 2.95. The lowest BCUT2D eigenvalue weighted by Crippen LogP contribution is -2.47. The van der Waals surface area contributed by atoms with Crippen LogP contribution in [0.15, 0.2) is 0 Å². The highest BCUT2D eigenvalue weighted by Crippen LogP contribution is 2.21. The second kappa shape index (κ2) is 6.38. The van der Waals surface area contributed by atoms with Gasteiger partial charge in [-0.15, -0.1) is 0 Å². The van der Waals surface area contributed by atoms with E-state index in [-0.39, 0.29) is 6.03 Å². The third-order valence-electron chi connectivity index (χ3n) is 4.12. The predicted octanol–water partition coefficient (Wildman–Crippen LogP) is 0.855. The summed E-state index contributed by atoms with van der Waals surface area (Å²) in [6.45, 7) is 8.69. The van der Waals surface area contributed by atoms with Gasteiger partial charge in [0.15, 0.2) is 0 Å². The van der Waals surface area contributed by atoms with Crippen molar-refractivity contribution >= 4 is 6.03 Å². The number of rotatable bonds is 5. The van der Waals surface area contributed by atoms with Gasteiger partial charge < -0.3 is 19.4 Å². The molecule has 0 spiro atoms. The van der Waals surface area contributed by atoms with E-state index in [1.54, 1.807) is 7.11 Å². The van der Waals surface area contributed by atoms with Crippen molar-refractivity contribution in [3.63, 3.8) is 0 Å². The molecule has 2 rings (SSSR count). The van der Waals surface area contributed by atoms with Crippen LogP contribution in [0.1, 0.15) is 19.8 Å². The molecule has 2 amide bonds. The molecule has 2 fully saturated rings. The molecule has 104 valence electrons. The fourth-order valence-electron chi connectivity index (χ4n) is 2.91. The maximum Gasteiger partial charge on any atom is 0.320 e. The lowest BCUT2D eigenvalue weighted by Gasteiger charge is -2.36. The number of likely N-dealkylation sites (N-methyl/N-ethyl adjacent to an activating group) is 1. The van der Waals surface area contributed by atoms with Gasteiger partial charge in [0.2, 0.25) is 0 Å². The van der Waals surface area contributed by atoms with Crippen LogP contribution in [0.2, 0.25) is 0 Å². The summed E-state index contributed by atoms with van der Waals surface area (Å²) in [6, 6.07) is 0.695. The van der Waals surface area contributed by atoms with Crippen LogP contribution in [0.5, 0.6) is 0 Å². The maximum absolute atomic E-state index is 12.1. The van der Waals surface area contributed by atoms with Gasteiger partial charge in [0.05, 0.1) is 6.61 Å². The second-order valence-corrected chi connectivity index (χ2v) is 5.12. The Kier molecular flexibility index (Phi) is 4.83. The first-order valence-electron chi connectivity index (χ1n) is 7.03. The summed E-state index contributed by atoms with van der Waals surface area (Å²) >= 11 is 0. The highest BCUT2D eigenvalue weighted by atomic mass is 16.5. The molecule has 0 radical (unpaired) electrons. The largest absolute Gasteiger partial charge is 0.383 e. The van der Waals surface area contributed by atoms with Gasteiger partial charge >= 0.3 is 6.03 Å². The molecule has 5 heteroatoms. The van der Waals surface area contributed by atoms with Gasteiger partial charge in [0.1, 0.15) is 0 Å². The molecule has 0 aliphatic carbocycles. The Balaban J connectivity index is 1.78. The van der Waals surface area contributed by atoms with E-state index in [9.17, 15) is 4.79 Å². The fourth-order valence-corrected chi connectivity index (χ4v) is 2.91. The van der Waals surface area contributed by atoms with E-state index in [4.69, 9.17) is 4.74 Å². The second-order valence-electron chi connectivity index (χ2n) is 5.12. The summed E-state index contributed by atoms with van der Waals surface area (Å²) < 4.78 is 5.10. The molecule has 0 aromatic carbocycles. The van der Waals surface area contributed by atoms with Gasteiger partial charge in [-0.2, -0.15) is 0 Å². The van der Waals surface area contributed by atoms with Crippen molar-refractivity contribution in [2.45, 2.75) is 25.8 Å². The van der Waals surface area contributed by atoms with E-state index in [1.807, 2.05) is 4.90 Å². The number of nitrogens with zero attached hydrogens (tertiary/aromatic N) is 3. The van der Waals surface area contributed by atoms with Crippen LogP contribution >= 0.6 is 0 Å². The number of ether oxygens (including phenoxy) is 1. The number of hydrogen-bond acceptors (Lipinski definition) is 3. The Morgan fingerprint density at radius 1 is 1.22 bits per heavy atom. The van der Waals surface area contributed by atoms with Crippen molar-refractivity contribution in [1.82, 2.24) is 14.7 Å². The summed E-state index contributed by atoms with van der Waals surface area (Å²) in [5.41, 5.74) is 0. The number of likely N-dealkylation sites (tertiary alicyclic amines) is 1. The molecule has 0 aromatic heterocycles. The van der Waals surface area contributed by atoms with Crippen molar-refractivity contribution in [1.29, 1.82) is 0 Å². The van der Waals surface area contributed by atoms with E-state index in [2.05, 4.69) is 16.7 Å². The first kappa shape index (κ1) is 13.6. The highest BCUT2D eigenvalue weighted by Gasteiger charge is 2.34. The van der Waals surface area contributed by atoms with Crippen molar-refractivity contribution in [3.05, 3.63) is 0 Å².